The Kier molecular flexibility index (Phi) is 9.76. The minimum atomic E-state index is -0.525. The first kappa shape index (κ1) is 31.7. The first-order chi connectivity index (χ1) is 23.1. The van der Waals surface area contributed by atoms with E-state index in [2.05, 4.69) is 40.5 Å². The van der Waals surface area contributed by atoms with Crippen LogP contribution >= 0.6 is 0 Å². The second-order valence-corrected chi connectivity index (χ2v) is 12.6. The lowest BCUT2D eigenvalue weighted by molar-refractivity contribution is -0.255. The molecule has 0 bridgehead atoms. The molecule has 3 atom stereocenters. The summed E-state index contributed by atoms with van der Waals surface area (Å²) in [4.78, 5) is 15.1. The van der Waals surface area contributed by atoms with Gasteiger partial charge in [0.05, 0.1) is 32.0 Å². The van der Waals surface area contributed by atoms with Crippen LogP contribution in [0.4, 0.5) is 0 Å². The molecule has 7 rings (SSSR count). The third kappa shape index (κ3) is 7.49. The first-order valence-electron chi connectivity index (χ1n) is 16.6. The fourth-order valence-corrected chi connectivity index (χ4v) is 6.83. The summed E-state index contributed by atoms with van der Waals surface area (Å²) in [7, 11) is 0. The molecule has 3 unspecified atom stereocenters. The number of carbonyl (C=O) groups is 1. The van der Waals surface area contributed by atoms with Gasteiger partial charge in [-0.05, 0) is 39.9 Å². The van der Waals surface area contributed by atoms with Crippen molar-refractivity contribution in [2.75, 3.05) is 32.8 Å². The Labute approximate surface area is 276 Å². The molecule has 244 valence electrons. The van der Waals surface area contributed by atoms with Crippen LogP contribution in [0.15, 0.2) is 103 Å². The molecule has 0 saturated carbocycles. The number of aliphatic hydroxyl groups excluding tert-OH is 1. The van der Waals surface area contributed by atoms with Crippen LogP contribution in [-0.2, 0) is 32.1 Å². The molecule has 3 aliphatic rings. The zero-order valence-corrected chi connectivity index (χ0v) is 26.6. The summed E-state index contributed by atoms with van der Waals surface area (Å²) in [6, 6.07) is 33.8. The minimum Gasteiger partial charge on any atom is -0.392 e. The molecule has 3 saturated heterocycles. The fourth-order valence-electron chi connectivity index (χ4n) is 6.83. The average Bonchev–Trinajstić information content (AvgIpc) is 3.60. The van der Waals surface area contributed by atoms with E-state index in [0.717, 1.165) is 72.3 Å². The SMILES string of the molecule is O=C(NCc1ccccc1-c1ccc(C2OC(CN3CCC4(CC3)OCCO4)CC(c3ccc(CO)cc3)O2)cc1)c1ccccc1. The maximum Gasteiger partial charge on any atom is 0.251 e. The van der Waals surface area contributed by atoms with E-state index in [1.165, 1.54) is 0 Å². The number of rotatable bonds is 9. The number of hydrogen-bond donors (Lipinski definition) is 2. The molecule has 3 aliphatic heterocycles. The lowest BCUT2D eigenvalue weighted by atomic mass is 9.97. The molecule has 3 heterocycles. The predicted octanol–water partition coefficient (Wildman–Crippen LogP) is 6.16. The van der Waals surface area contributed by atoms with Gasteiger partial charge in [0, 0.05) is 56.6 Å². The van der Waals surface area contributed by atoms with E-state index < -0.39 is 12.1 Å². The van der Waals surface area contributed by atoms with Crippen molar-refractivity contribution in [1.29, 1.82) is 0 Å². The van der Waals surface area contributed by atoms with Gasteiger partial charge in [-0.1, -0.05) is 91.0 Å². The van der Waals surface area contributed by atoms with Crippen LogP contribution in [-0.4, -0.2) is 60.7 Å². The highest BCUT2D eigenvalue weighted by atomic mass is 16.7. The van der Waals surface area contributed by atoms with Crippen LogP contribution in [0.25, 0.3) is 11.1 Å². The zero-order chi connectivity index (χ0) is 32.1. The smallest absolute Gasteiger partial charge is 0.251 e. The highest BCUT2D eigenvalue weighted by Gasteiger charge is 2.41. The van der Waals surface area contributed by atoms with Crippen LogP contribution < -0.4 is 5.32 Å². The molecular formula is C39H42N2O6. The van der Waals surface area contributed by atoms with E-state index in [4.69, 9.17) is 18.9 Å². The van der Waals surface area contributed by atoms with Gasteiger partial charge in [-0.2, -0.15) is 0 Å². The predicted molar refractivity (Wildman–Crippen MR) is 178 cm³/mol. The molecule has 0 aliphatic carbocycles. The van der Waals surface area contributed by atoms with Crippen molar-refractivity contribution in [2.24, 2.45) is 0 Å². The number of benzene rings is 4. The summed E-state index contributed by atoms with van der Waals surface area (Å²) in [5.41, 5.74) is 6.71. The Hall–Kier alpha value is -3.89. The van der Waals surface area contributed by atoms with Crippen molar-refractivity contribution in [3.05, 3.63) is 131 Å². The second kappa shape index (κ2) is 14.5. The van der Waals surface area contributed by atoms with Crippen LogP contribution in [0.1, 0.15) is 64.3 Å². The summed E-state index contributed by atoms with van der Waals surface area (Å²) >= 11 is 0. The van der Waals surface area contributed by atoms with Crippen molar-refractivity contribution < 1.29 is 28.8 Å². The first-order valence-corrected chi connectivity index (χ1v) is 16.6. The average molecular weight is 635 g/mol. The number of hydrogen-bond acceptors (Lipinski definition) is 7. The van der Waals surface area contributed by atoms with Crippen molar-refractivity contribution in [3.8, 4) is 11.1 Å². The number of carbonyl (C=O) groups excluding carboxylic acids is 1. The highest BCUT2D eigenvalue weighted by Crippen LogP contribution is 2.39. The van der Waals surface area contributed by atoms with Gasteiger partial charge in [-0.25, -0.2) is 0 Å². The zero-order valence-electron chi connectivity index (χ0n) is 26.6. The van der Waals surface area contributed by atoms with Crippen LogP contribution in [0.3, 0.4) is 0 Å². The summed E-state index contributed by atoms with van der Waals surface area (Å²) in [5, 5.41) is 12.6. The Bertz CT molecular complexity index is 1610. The fraction of sp³-hybridized carbons (Fsp3) is 0.359. The van der Waals surface area contributed by atoms with E-state index in [1.54, 1.807) is 0 Å². The number of nitrogens with one attached hydrogen (secondary N) is 1. The van der Waals surface area contributed by atoms with E-state index >= 15 is 0 Å². The maximum absolute atomic E-state index is 12.7. The van der Waals surface area contributed by atoms with E-state index in [9.17, 15) is 9.90 Å². The molecule has 8 heteroatoms. The Balaban J connectivity index is 1.06. The quantitative estimate of drug-likeness (QED) is 0.228. The molecular weight excluding hydrogens is 592 g/mol. The van der Waals surface area contributed by atoms with Crippen LogP contribution in [0.5, 0.6) is 0 Å². The Morgan fingerprint density at radius 1 is 0.809 bits per heavy atom. The molecule has 2 N–H and O–H groups in total. The Morgan fingerprint density at radius 3 is 2.21 bits per heavy atom. The number of amides is 1. The minimum absolute atomic E-state index is 0.0128. The van der Waals surface area contributed by atoms with Gasteiger partial charge in [0.25, 0.3) is 5.91 Å². The van der Waals surface area contributed by atoms with Crippen molar-refractivity contribution in [1.82, 2.24) is 10.2 Å². The lowest BCUT2D eigenvalue weighted by Crippen LogP contribution is -2.48. The third-order valence-electron chi connectivity index (χ3n) is 9.49. The van der Waals surface area contributed by atoms with Gasteiger partial charge in [-0.3, -0.25) is 4.79 Å². The normalized spacial score (nSPS) is 22.7. The molecule has 0 aromatic heterocycles. The number of aliphatic hydroxyl groups is 1. The Morgan fingerprint density at radius 2 is 1.49 bits per heavy atom. The van der Waals surface area contributed by atoms with Gasteiger partial charge >= 0.3 is 0 Å². The van der Waals surface area contributed by atoms with Crippen LogP contribution in [0, 0.1) is 0 Å². The number of nitrogens with zero attached hydrogens (tertiary/aromatic N) is 1. The highest BCUT2D eigenvalue weighted by molar-refractivity contribution is 5.94. The molecule has 8 nitrogen and oxygen atoms in total. The third-order valence-corrected chi connectivity index (χ3v) is 9.49. The molecule has 47 heavy (non-hydrogen) atoms. The van der Waals surface area contributed by atoms with Gasteiger partial charge < -0.3 is 34.3 Å². The van der Waals surface area contributed by atoms with Gasteiger partial charge in [-0.15, -0.1) is 0 Å². The molecule has 3 fully saturated rings. The van der Waals surface area contributed by atoms with Gasteiger partial charge in [0.2, 0.25) is 0 Å². The summed E-state index contributed by atoms with van der Waals surface area (Å²) in [6.45, 7) is 4.41. The number of ether oxygens (including phenoxy) is 4. The summed E-state index contributed by atoms with van der Waals surface area (Å²) < 4.78 is 25.2. The molecule has 4 aromatic carbocycles. The topological polar surface area (TPSA) is 89.5 Å². The molecule has 4 aromatic rings. The molecule has 1 spiro atoms. The molecule has 0 radical (unpaired) electrons. The van der Waals surface area contributed by atoms with Crippen LogP contribution in [0.2, 0.25) is 0 Å². The summed E-state index contributed by atoms with van der Waals surface area (Å²) in [5.74, 6) is -0.498. The maximum atomic E-state index is 12.7. The van der Waals surface area contributed by atoms with E-state index in [-0.39, 0.29) is 24.7 Å². The van der Waals surface area contributed by atoms with Gasteiger partial charge in [0.15, 0.2) is 12.1 Å². The van der Waals surface area contributed by atoms with Crippen molar-refractivity contribution >= 4 is 5.91 Å². The molecule has 1 amide bonds. The van der Waals surface area contributed by atoms with E-state index in [1.807, 2.05) is 72.8 Å². The monoisotopic (exact) mass is 634 g/mol. The second-order valence-electron chi connectivity index (χ2n) is 12.6. The lowest BCUT2D eigenvalue weighted by Gasteiger charge is -2.41. The standard InChI is InChI=1S/C39H42N2O6/c42-27-28-10-12-30(13-11-28)36-24-34(26-41-20-18-39(19-21-41)44-22-23-45-39)46-38(47-36)32-16-14-29(15-17-32)35-9-5-4-8-33(35)25-40-37(43)31-6-2-1-3-7-31/h1-17,34,36,38,42H,18-27H2,(H,40,43). The van der Waals surface area contributed by atoms with E-state index in [0.29, 0.717) is 25.3 Å². The van der Waals surface area contributed by atoms with Gasteiger partial charge in [0.1, 0.15) is 0 Å². The van der Waals surface area contributed by atoms with Crippen molar-refractivity contribution in [2.45, 2.75) is 56.7 Å². The number of piperidine rings is 1. The largest absolute Gasteiger partial charge is 0.392 e. The van der Waals surface area contributed by atoms with Crippen molar-refractivity contribution in [3.63, 3.8) is 0 Å². The summed E-state index contributed by atoms with van der Waals surface area (Å²) in [6.07, 6.45) is 1.78. The number of likely N-dealkylation sites (tertiary alicyclic amines) is 1.